The Hall–Kier alpha value is -0.870. The van der Waals surface area contributed by atoms with Crippen molar-refractivity contribution in [3.8, 4) is 0 Å². The molecule has 0 saturated heterocycles. The molecule has 2 aromatic rings. The molecule has 0 atom stereocenters. The maximum atomic E-state index is 5.51. The highest BCUT2D eigenvalue weighted by Gasteiger charge is 2.04. The average molecular weight is 274 g/mol. The molecule has 1 aromatic carbocycles. The summed E-state index contributed by atoms with van der Waals surface area (Å²) >= 11 is 8.90. The second kappa shape index (κ2) is 4.11. The highest BCUT2D eigenvalue weighted by atomic mass is 79.9. The van der Waals surface area contributed by atoms with Crippen LogP contribution in [0.4, 0.5) is 0 Å². The van der Waals surface area contributed by atoms with Crippen molar-refractivity contribution in [3.05, 3.63) is 45.5 Å². The van der Waals surface area contributed by atoms with Gasteiger partial charge in [0.05, 0.1) is 6.42 Å². The smallest absolute Gasteiger partial charge is 0.312 e. The molecule has 1 aromatic heterocycles. The lowest BCUT2D eigenvalue weighted by Crippen LogP contribution is -1.87. The highest BCUT2D eigenvalue weighted by molar-refractivity contribution is 9.10. The third kappa shape index (κ3) is 2.33. The maximum Gasteiger partial charge on any atom is 0.312 e. The Morgan fingerprint density at radius 1 is 1.36 bits per heavy atom. The van der Waals surface area contributed by atoms with Gasteiger partial charge in [0.15, 0.2) is 0 Å². The fourth-order valence-electron chi connectivity index (χ4n) is 1.13. The highest BCUT2D eigenvalue weighted by Crippen LogP contribution is 2.15. The van der Waals surface area contributed by atoms with Gasteiger partial charge in [0.25, 0.3) is 0 Å². The Labute approximate surface area is 94.2 Å². The number of hydrogen-bond donors (Lipinski definition) is 0. The predicted molar refractivity (Wildman–Crippen MR) is 56.3 cm³/mol. The lowest BCUT2D eigenvalue weighted by atomic mass is 10.1. The molecule has 3 nitrogen and oxygen atoms in total. The van der Waals surface area contributed by atoms with Gasteiger partial charge in [-0.2, -0.15) is 0 Å². The molecule has 0 saturated carbocycles. The monoisotopic (exact) mass is 272 g/mol. The predicted octanol–water partition coefficient (Wildman–Crippen LogP) is 3.08. The molecule has 0 fully saturated rings. The summed E-state index contributed by atoms with van der Waals surface area (Å²) in [6.07, 6.45) is 0.596. The Bertz CT molecular complexity index is 444. The number of nitrogens with zero attached hydrogens (tertiary/aromatic N) is 2. The van der Waals surface area contributed by atoms with Crippen LogP contribution >= 0.6 is 27.5 Å². The van der Waals surface area contributed by atoms with Crippen LogP contribution in [0.15, 0.2) is 33.2 Å². The van der Waals surface area contributed by atoms with Gasteiger partial charge in [-0.05, 0) is 29.3 Å². The third-order valence-corrected chi connectivity index (χ3v) is 2.33. The number of benzene rings is 1. The molecule has 0 aliphatic heterocycles. The normalized spacial score (nSPS) is 10.4. The van der Waals surface area contributed by atoms with Gasteiger partial charge >= 0.3 is 5.35 Å². The van der Waals surface area contributed by atoms with E-state index in [0.29, 0.717) is 12.3 Å². The van der Waals surface area contributed by atoms with E-state index in [1.54, 1.807) is 0 Å². The first-order valence-electron chi connectivity index (χ1n) is 3.96. The number of rotatable bonds is 2. The molecule has 1 heterocycles. The lowest BCUT2D eigenvalue weighted by molar-refractivity contribution is 0.506. The molecular formula is C9H6BrClN2O. The van der Waals surface area contributed by atoms with Crippen LogP contribution in [0.3, 0.4) is 0 Å². The fourth-order valence-corrected chi connectivity index (χ4v) is 1.70. The molecule has 0 spiro atoms. The lowest BCUT2D eigenvalue weighted by Gasteiger charge is -1.96. The van der Waals surface area contributed by atoms with Gasteiger partial charge in [-0.1, -0.05) is 33.2 Å². The van der Waals surface area contributed by atoms with Gasteiger partial charge in [-0.15, -0.1) is 5.10 Å². The molecule has 0 amide bonds. The molecule has 0 N–H and O–H groups in total. The van der Waals surface area contributed by atoms with Crippen LogP contribution in [0.5, 0.6) is 0 Å². The first-order chi connectivity index (χ1) is 6.74. The van der Waals surface area contributed by atoms with Crippen molar-refractivity contribution < 1.29 is 4.42 Å². The maximum absolute atomic E-state index is 5.51. The van der Waals surface area contributed by atoms with Gasteiger partial charge < -0.3 is 4.42 Å². The molecule has 0 aliphatic carbocycles. The summed E-state index contributed by atoms with van der Waals surface area (Å²) in [5, 5.41) is 7.43. The molecule has 2 rings (SSSR count). The largest absolute Gasteiger partial charge is 0.412 e. The Morgan fingerprint density at radius 2 is 2.21 bits per heavy atom. The van der Waals surface area contributed by atoms with Crippen molar-refractivity contribution >= 4 is 27.5 Å². The van der Waals surface area contributed by atoms with Crippen molar-refractivity contribution in [2.75, 3.05) is 0 Å². The van der Waals surface area contributed by atoms with E-state index in [9.17, 15) is 0 Å². The third-order valence-electron chi connectivity index (χ3n) is 1.69. The van der Waals surface area contributed by atoms with Crippen molar-refractivity contribution in [1.29, 1.82) is 0 Å². The number of hydrogen-bond acceptors (Lipinski definition) is 3. The second-order valence-electron chi connectivity index (χ2n) is 2.76. The molecule has 5 heteroatoms. The molecule has 0 bridgehead atoms. The summed E-state index contributed by atoms with van der Waals surface area (Å²) in [6, 6.07) is 7.91. The zero-order valence-corrected chi connectivity index (χ0v) is 9.42. The summed E-state index contributed by atoms with van der Waals surface area (Å²) in [6.45, 7) is 0. The summed E-state index contributed by atoms with van der Waals surface area (Å²) < 4.78 is 6.08. The standard InChI is InChI=1S/C9H6BrClN2O/c10-7-3-1-2-6(4-7)5-8-12-13-9(11)14-8/h1-4H,5H2. The van der Waals surface area contributed by atoms with E-state index in [-0.39, 0.29) is 5.35 Å². The van der Waals surface area contributed by atoms with Gasteiger partial charge in [0.1, 0.15) is 0 Å². The van der Waals surface area contributed by atoms with E-state index in [4.69, 9.17) is 16.0 Å². The SMILES string of the molecule is Clc1nnc(Cc2cccc(Br)c2)o1. The molecule has 72 valence electrons. The quantitative estimate of drug-likeness (QED) is 0.844. The van der Waals surface area contributed by atoms with E-state index >= 15 is 0 Å². The van der Waals surface area contributed by atoms with Crippen LogP contribution in [-0.2, 0) is 6.42 Å². The molecule has 0 radical (unpaired) electrons. The molecule has 14 heavy (non-hydrogen) atoms. The first-order valence-corrected chi connectivity index (χ1v) is 5.13. The van der Waals surface area contributed by atoms with Crippen LogP contribution in [0.2, 0.25) is 5.35 Å². The number of halogens is 2. The van der Waals surface area contributed by atoms with E-state index in [2.05, 4.69) is 26.1 Å². The minimum atomic E-state index is 0.0787. The van der Waals surface area contributed by atoms with Crippen LogP contribution in [0.1, 0.15) is 11.5 Å². The zero-order chi connectivity index (χ0) is 9.97. The minimum absolute atomic E-state index is 0.0787. The van der Waals surface area contributed by atoms with E-state index in [0.717, 1.165) is 10.0 Å². The first kappa shape index (κ1) is 9.68. The average Bonchev–Trinajstić information content (AvgIpc) is 2.51. The summed E-state index contributed by atoms with van der Waals surface area (Å²) in [7, 11) is 0. The Kier molecular flexibility index (Phi) is 2.84. The zero-order valence-electron chi connectivity index (χ0n) is 7.08. The van der Waals surface area contributed by atoms with Crippen LogP contribution < -0.4 is 0 Å². The molecule has 0 aliphatic rings. The number of aromatic nitrogens is 2. The van der Waals surface area contributed by atoms with Crippen molar-refractivity contribution in [3.63, 3.8) is 0 Å². The van der Waals surface area contributed by atoms with Crippen LogP contribution in [0, 0.1) is 0 Å². The second-order valence-corrected chi connectivity index (χ2v) is 3.99. The van der Waals surface area contributed by atoms with Gasteiger partial charge in [0, 0.05) is 4.47 Å². The summed E-state index contributed by atoms with van der Waals surface area (Å²) in [5.74, 6) is 0.521. The molecular weight excluding hydrogens is 267 g/mol. The summed E-state index contributed by atoms with van der Waals surface area (Å²) in [4.78, 5) is 0. The molecule has 0 unspecified atom stereocenters. The van der Waals surface area contributed by atoms with Crippen LogP contribution in [-0.4, -0.2) is 10.2 Å². The summed E-state index contributed by atoms with van der Waals surface area (Å²) in [5.41, 5.74) is 1.10. The minimum Gasteiger partial charge on any atom is -0.412 e. The fraction of sp³-hybridized carbons (Fsp3) is 0.111. The topological polar surface area (TPSA) is 38.9 Å². The van der Waals surface area contributed by atoms with Gasteiger partial charge in [-0.25, -0.2) is 0 Å². The van der Waals surface area contributed by atoms with Crippen molar-refractivity contribution in [2.45, 2.75) is 6.42 Å². The van der Waals surface area contributed by atoms with Crippen molar-refractivity contribution in [2.24, 2.45) is 0 Å². The van der Waals surface area contributed by atoms with Gasteiger partial charge in [-0.3, -0.25) is 0 Å². The van der Waals surface area contributed by atoms with E-state index < -0.39 is 0 Å². The Morgan fingerprint density at radius 3 is 2.86 bits per heavy atom. The van der Waals surface area contributed by atoms with E-state index in [1.165, 1.54) is 0 Å². The Balaban J connectivity index is 2.18. The van der Waals surface area contributed by atoms with E-state index in [1.807, 2.05) is 24.3 Å². The van der Waals surface area contributed by atoms with Gasteiger partial charge in [0.2, 0.25) is 5.89 Å². The van der Waals surface area contributed by atoms with Crippen LogP contribution in [0.25, 0.3) is 0 Å². The van der Waals surface area contributed by atoms with Crippen molar-refractivity contribution in [1.82, 2.24) is 10.2 Å².